The summed E-state index contributed by atoms with van der Waals surface area (Å²) in [7, 11) is 0. The van der Waals surface area contributed by atoms with Crippen molar-refractivity contribution in [2.24, 2.45) is 5.73 Å². The Morgan fingerprint density at radius 1 is 0.974 bits per heavy atom. The molecule has 2 aromatic carbocycles. The van der Waals surface area contributed by atoms with Gasteiger partial charge < -0.3 is 22.1 Å². The van der Waals surface area contributed by atoms with Gasteiger partial charge in [-0.2, -0.15) is 13.2 Å². The molecule has 0 unspecified atom stereocenters. The Balaban J connectivity index is 1.51. The quantitative estimate of drug-likeness (QED) is 0.219. The second kappa shape index (κ2) is 11.9. The number of carbonyl (C=O) groups is 1. The molecule has 4 aromatic rings. The second-order valence-corrected chi connectivity index (χ2v) is 8.61. The van der Waals surface area contributed by atoms with E-state index in [0.717, 1.165) is 35.7 Å². The van der Waals surface area contributed by atoms with E-state index in [1.165, 1.54) is 12.1 Å². The number of nitrogens with one attached hydrogen (secondary N) is 2. The Hall–Kier alpha value is -4.58. The van der Waals surface area contributed by atoms with E-state index in [1.807, 2.05) is 24.3 Å². The number of carbonyl (C=O) groups excluding carboxylic acids is 1. The fraction of sp³-hybridized carbons (Fsp3) is 0.185. The summed E-state index contributed by atoms with van der Waals surface area (Å²) in [5, 5.41) is 5.40. The van der Waals surface area contributed by atoms with Crippen LogP contribution >= 0.6 is 0 Å². The summed E-state index contributed by atoms with van der Waals surface area (Å²) >= 11 is 0. The lowest BCUT2D eigenvalue weighted by atomic mass is 10.1. The highest BCUT2D eigenvalue weighted by Crippen LogP contribution is 2.31. The van der Waals surface area contributed by atoms with Crippen molar-refractivity contribution in [3.05, 3.63) is 95.2 Å². The van der Waals surface area contributed by atoms with Crippen molar-refractivity contribution in [3.8, 4) is 11.3 Å². The third-order valence-corrected chi connectivity index (χ3v) is 5.77. The van der Waals surface area contributed by atoms with Crippen molar-refractivity contribution >= 4 is 23.2 Å². The van der Waals surface area contributed by atoms with E-state index in [9.17, 15) is 22.4 Å². The number of alkyl halides is 3. The second-order valence-electron chi connectivity index (χ2n) is 8.61. The fourth-order valence-electron chi connectivity index (χ4n) is 3.67. The fourth-order valence-corrected chi connectivity index (χ4v) is 3.67. The number of anilines is 3. The van der Waals surface area contributed by atoms with Crippen LogP contribution in [0.4, 0.5) is 34.9 Å². The minimum Gasteiger partial charge on any atom is -0.382 e. The summed E-state index contributed by atoms with van der Waals surface area (Å²) in [6.45, 7) is 0.682. The number of pyridine rings is 1. The number of benzene rings is 2. The van der Waals surface area contributed by atoms with Crippen LogP contribution < -0.4 is 22.1 Å². The van der Waals surface area contributed by atoms with Crippen LogP contribution in [0.5, 0.6) is 0 Å². The molecule has 4 rings (SSSR count). The Labute approximate surface area is 221 Å². The average molecular weight is 540 g/mol. The van der Waals surface area contributed by atoms with Gasteiger partial charge in [-0.3, -0.25) is 4.79 Å². The molecule has 0 aliphatic rings. The van der Waals surface area contributed by atoms with Crippen molar-refractivity contribution in [2.45, 2.75) is 25.6 Å². The molecule has 2 heterocycles. The van der Waals surface area contributed by atoms with E-state index in [1.54, 1.807) is 6.20 Å². The monoisotopic (exact) mass is 539 g/mol. The molecular formula is C27H25F4N7O. The molecule has 0 atom stereocenters. The van der Waals surface area contributed by atoms with Crippen LogP contribution in [0.3, 0.4) is 0 Å². The third kappa shape index (κ3) is 7.05. The third-order valence-electron chi connectivity index (χ3n) is 5.77. The summed E-state index contributed by atoms with van der Waals surface area (Å²) in [4.78, 5) is 25.5. The van der Waals surface area contributed by atoms with Crippen LogP contribution in [-0.4, -0.2) is 27.4 Å². The lowest BCUT2D eigenvalue weighted by Crippen LogP contribution is -2.18. The largest absolute Gasteiger partial charge is 0.417 e. The lowest BCUT2D eigenvalue weighted by Gasteiger charge is -2.14. The van der Waals surface area contributed by atoms with Gasteiger partial charge in [0.1, 0.15) is 17.5 Å². The zero-order valence-electron chi connectivity index (χ0n) is 20.6. The zero-order valence-corrected chi connectivity index (χ0v) is 20.6. The normalized spacial score (nSPS) is 11.3. The topological polar surface area (TPSA) is 132 Å². The van der Waals surface area contributed by atoms with Gasteiger partial charge in [0.25, 0.3) is 5.91 Å². The number of aromatic nitrogens is 3. The number of nitrogens with two attached hydrogens (primary N) is 2. The van der Waals surface area contributed by atoms with E-state index >= 15 is 0 Å². The number of nitrogen functional groups attached to an aromatic ring is 1. The van der Waals surface area contributed by atoms with E-state index in [2.05, 4.69) is 25.6 Å². The summed E-state index contributed by atoms with van der Waals surface area (Å²) in [5.74, 6) is -1.03. The summed E-state index contributed by atoms with van der Waals surface area (Å²) in [6.07, 6.45) is -1.12. The standard InChI is InChI=1S/C27H25F4N7O/c28-19-7-9-20(10-8-19)37-26(39)21-12-18(27(29,30)31)14-36-25(21)35-13-16-3-5-17(6-4-16)23-15-34-24(33)22(38-23)2-1-11-32/h3-10,12,14-15H,1-2,11,13,32H2,(H2,33,34)(H,35,36)(H,37,39). The predicted octanol–water partition coefficient (Wildman–Crippen LogP) is 5.03. The van der Waals surface area contributed by atoms with E-state index < -0.39 is 23.5 Å². The van der Waals surface area contributed by atoms with Crippen molar-refractivity contribution in [3.63, 3.8) is 0 Å². The van der Waals surface area contributed by atoms with E-state index in [-0.39, 0.29) is 23.6 Å². The first-order valence-corrected chi connectivity index (χ1v) is 11.9. The summed E-state index contributed by atoms with van der Waals surface area (Å²) < 4.78 is 53.1. The van der Waals surface area contributed by atoms with Crippen LogP contribution in [0.2, 0.25) is 0 Å². The van der Waals surface area contributed by atoms with Crippen molar-refractivity contribution in [2.75, 3.05) is 22.9 Å². The number of aryl methyl sites for hydroxylation is 1. The molecule has 0 aliphatic carbocycles. The zero-order chi connectivity index (χ0) is 28.0. The van der Waals surface area contributed by atoms with Crippen LogP contribution in [0.15, 0.2) is 67.0 Å². The van der Waals surface area contributed by atoms with Crippen molar-refractivity contribution < 1.29 is 22.4 Å². The molecule has 12 heteroatoms. The Morgan fingerprint density at radius 3 is 2.36 bits per heavy atom. The molecule has 6 N–H and O–H groups in total. The maximum Gasteiger partial charge on any atom is 0.417 e. The smallest absolute Gasteiger partial charge is 0.382 e. The number of halogens is 4. The molecular weight excluding hydrogens is 514 g/mol. The first-order valence-electron chi connectivity index (χ1n) is 11.9. The molecule has 2 aromatic heterocycles. The first kappa shape index (κ1) is 27.5. The number of rotatable bonds is 9. The lowest BCUT2D eigenvalue weighted by molar-refractivity contribution is -0.137. The van der Waals surface area contributed by atoms with Gasteiger partial charge in [-0.25, -0.2) is 19.3 Å². The van der Waals surface area contributed by atoms with Gasteiger partial charge in [0.15, 0.2) is 0 Å². The first-order chi connectivity index (χ1) is 18.6. The molecule has 39 heavy (non-hydrogen) atoms. The number of hydrogen-bond acceptors (Lipinski definition) is 7. The number of nitrogens with zero attached hydrogens (tertiary/aromatic N) is 3. The number of amides is 1. The van der Waals surface area contributed by atoms with Crippen LogP contribution in [0.25, 0.3) is 11.3 Å². The Kier molecular flexibility index (Phi) is 8.35. The minimum atomic E-state index is -4.69. The van der Waals surface area contributed by atoms with E-state index in [0.29, 0.717) is 36.4 Å². The molecule has 0 spiro atoms. The molecule has 0 saturated carbocycles. The van der Waals surface area contributed by atoms with Gasteiger partial charge in [0.05, 0.1) is 28.7 Å². The maximum atomic E-state index is 13.3. The van der Waals surface area contributed by atoms with Gasteiger partial charge in [0, 0.05) is 24.0 Å². The Bertz CT molecular complexity index is 1440. The predicted molar refractivity (Wildman–Crippen MR) is 140 cm³/mol. The molecule has 0 saturated heterocycles. The summed E-state index contributed by atoms with van der Waals surface area (Å²) in [5.41, 5.74) is 13.2. The van der Waals surface area contributed by atoms with Crippen molar-refractivity contribution in [1.82, 2.24) is 15.0 Å². The van der Waals surface area contributed by atoms with Crippen molar-refractivity contribution in [1.29, 1.82) is 0 Å². The highest BCUT2D eigenvalue weighted by Gasteiger charge is 2.32. The molecule has 0 bridgehead atoms. The van der Waals surface area contributed by atoms with Crippen LogP contribution in [0, 0.1) is 5.82 Å². The maximum absolute atomic E-state index is 13.3. The van der Waals surface area contributed by atoms with Gasteiger partial charge in [0.2, 0.25) is 0 Å². The van der Waals surface area contributed by atoms with Crippen LogP contribution in [0.1, 0.15) is 33.6 Å². The van der Waals surface area contributed by atoms with Gasteiger partial charge in [-0.1, -0.05) is 24.3 Å². The Morgan fingerprint density at radius 2 is 1.69 bits per heavy atom. The van der Waals surface area contributed by atoms with Gasteiger partial charge in [-0.05, 0) is 55.3 Å². The molecule has 0 fully saturated rings. The molecule has 0 aliphatic heterocycles. The molecule has 202 valence electrons. The molecule has 1 amide bonds. The average Bonchev–Trinajstić information content (AvgIpc) is 2.92. The molecule has 0 radical (unpaired) electrons. The SMILES string of the molecule is NCCCc1nc(-c2ccc(CNc3ncc(C(F)(F)F)cc3C(=O)Nc3ccc(F)cc3)cc2)cnc1N. The van der Waals surface area contributed by atoms with Gasteiger partial charge in [-0.15, -0.1) is 0 Å². The van der Waals surface area contributed by atoms with Gasteiger partial charge >= 0.3 is 6.18 Å². The number of hydrogen-bond donors (Lipinski definition) is 4. The van der Waals surface area contributed by atoms with E-state index in [4.69, 9.17) is 11.5 Å². The summed E-state index contributed by atoms with van der Waals surface area (Å²) in [6, 6.07) is 12.8. The highest BCUT2D eigenvalue weighted by atomic mass is 19.4. The highest BCUT2D eigenvalue weighted by molar-refractivity contribution is 6.07. The van der Waals surface area contributed by atoms with Crippen LogP contribution in [-0.2, 0) is 19.1 Å². The minimum absolute atomic E-state index is 0.0411. The molecule has 8 nitrogen and oxygen atoms in total.